The molecule has 10 radical (unpaired) electrons. The van der Waals surface area contributed by atoms with Crippen molar-refractivity contribution in [1.29, 1.82) is 0 Å². The van der Waals surface area contributed by atoms with Crippen LogP contribution in [0.3, 0.4) is 0 Å². The molecule has 5 rings (SSSR count). The molecule has 3 aromatic carbocycles. The number of ether oxygens (including phenoxy) is 1. The maximum Gasteiger partial charge on any atom is 2.00 e. The Balaban J connectivity index is 0.000000453. The molecule has 1 atom stereocenters. The number of hydrogen-bond acceptors (Lipinski definition) is 1. The fourth-order valence-electron chi connectivity index (χ4n) is 3.82. The maximum absolute atomic E-state index is 5.95. The molecular weight excluding hydrogens is 463 g/mol. The van der Waals surface area contributed by atoms with Crippen molar-refractivity contribution in [2.75, 3.05) is 7.11 Å². The first-order valence-corrected chi connectivity index (χ1v) is 12.1. The summed E-state index contributed by atoms with van der Waals surface area (Å²) in [6, 6.07) is 32.1. The van der Waals surface area contributed by atoms with E-state index in [2.05, 4.69) is 104 Å². The van der Waals surface area contributed by atoms with Crippen molar-refractivity contribution >= 4 is 18.5 Å². The Morgan fingerprint density at radius 3 is 1.48 bits per heavy atom. The molecule has 0 N–H and O–H groups in total. The summed E-state index contributed by atoms with van der Waals surface area (Å²) in [5.41, 5.74) is 2.54. The van der Waals surface area contributed by atoms with Crippen LogP contribution in [0.1, 0.15) is 11.7 Å². The fraction of sp³-hybridized carbons (Fsp3) is 0.0667. The van der Waals surface area contributed by atoms with Gasteiger partial charge in [-0.2, -0.15) is 0 Å². The Labute approximate surface area is 212 Å². The molecule has 0 unspecified atom stereocenters. The van der Waals surface area contributed by atoms with Gasteiger partial charge in [-0.05, 0) is 75.5 Å². The summed E-state index contributed by atoms with van der Waals surface area (Å²) >= 11 is 0. The molecule has 2 fully saturated rings. The third kappa shape index (κ3) is 7.03. The third-order valence-electron chi connectivity index (χ3n) is 5.27. The Hall–Kier alpha value is -1.43. The predicted octanol–water partition coefficient (Wildman–Crippen LogP) is 6.26. The van der Waals surface area contributed by atoms with Crippen LogP contribution < -0.4 is 10.6 Å². The zero-order valence-electron chi connectivity index (χ0n) is 18.6. The van der Waals surface area contributed by atoms with E-state index in [0.717, 1.165) is 0 Å². The van der Waals surface area contributed by atoms with E-state index in [1.165, 1.54) is 27.7 Å². The fourth-order valence-corrected chi connectivity index (χ4v) is 6.30. The van der Waals surface area contributed by atoms with Crippen LogP contribution in [0.4, 0.5) is 0 Å². The van der Waals surface area contributed by atoms with Crippen molar-refractivity contribution in [2.45, 2.75) is 6.10 Å². The summed E-state index contributed by atoms with van der Waals surface area (Å²) in [7, 11) is 1.16. The summed E-state index contributed by atoms with van der Waals surface area (Å²) in [4.78, 5) is 0. The van der Waals surface area contributed by atoms with Crippen LogP contribution in [-0.4, -0.2) is 7.11 Å². The molecule has 164 valence electrons. The minimum atomic E-state index is -0.638. The number of rotatable bonds is 6. The van der Waals surface area contributed by atoms with E-state index in [1.54, 1.807) is 7.11 Å². The molecule has 0 amide bonds. The second-order valence-electron chi connectivity index (χ2n) is 7.36. The Morgan fingerprint density at radius 2 is 1.03 bits per heavy atom. The Kier molecular flexibility index (Phi) is 11.2. The molecule has 3 aromatic rings. The molecule has 1 nitrogen and oxygen atoms in total. The zero-order valence-corrected chi connectivity index (χ0v) is 20.6. The van der Waals surface area contributed by atoms with Crippen molar-refractivity contribution in [2.24, 2.45) is 0 Å². The summed E-state index contributed by atoms with van der Waals surface area (Å²) in [6.45, 7) is 0. The second kappa shape index (κ2) is 14.1. The van der Waals surface area contributed by atoms with E-state index in [-0.39, 0.29) is 23.2 Å². The van der Waals surface area contributed by atoms with Gasteiger partial charge in [-0.15, -0.1) is 0 Å². The number of hydrogen-bond donors (Lipinski definition) is 0. The van der Waals surface area contributed by atoms with Gasteiger partial charge in [-0.1, -0.05) is 91.0 Å². The number of methoxy groups -OCH3 is 1. The topological polar surface area (TPSA) is 9.23 Å². The van der Waals surface area contributed by atoms with Crippen molar-refractivity contribution < 1.29 is 21.8 Å². The van der Waals surface area contributed by atoms with Crippen molar-refractivity contribution in [3.8, 4) is 0 Å². The minimum absolute atomic E-state index is 0. The SMILES string of the molecule is CO[C@@H]([C]1[CH][CH][CH][C]1P(c1ccccc1)c1ccccc1)c1ccccc1.[CH]1[CH][CH][CH][CH]1.[Fe+2]. The third-order valence-corrected chi connectivity index (χ3v) is 7.79. The van der Waals surface area contributed by atoms with Crippen LogP contribution in [0.2, 0.25) is 0 Å². The molecule has 33 heavy (non-hydrogen) atoms. The van der Waals surface area contributed by atoms with E-state index in [1.807, 2.05) is 38.2 Å². The number of benzene rings is 3. The summed E-state index contributed by atoms with van der Waals surface area (Å²) in [6.07, 6.45) is 16.6. The van der Waals surface area contributed by atoms with Gasteiger partial charge in [0.15, 0.2) is 0 Å². The molecule has 0 aliphatic heterocycles. The van der Waals surface area contributed by atoms with E-state index in [4.69, 9.17) is 4.74 Å². The normalized spacial score (nSPS) is 17.3. The molecule has 0 bridgehead atoms. The molecule has 0 heterocycles. The van der Waals surface area contributed by atoms with E-state index in [0.29, 0.717) is 0 Å². The average Bonchev–Trinajstić information content (AvgIpc) is 3.59. The summed E-state index contributed by atoms with van der Waals surface area (Å²) in [5.74, 6) is 1.25. The zero-order chi connectivity index (χ0) is 22.0. The first-order chi connectivity index (χ1) is 15.9. The molecule has 0 aromatic heterocycles. The van der Waals surface area contributed by atoms with Crippen LogP contribution in [0.15, 0.2) is 91.0 Å². The molecule has 0 saturated heterocycles. The minimum Gasteiger partial charge on any atom is -0.376 e. The van der Waals surface area contributed by atoms with Gasteiger partial charge in [0.2, 0.25) is 0 Å². The predicted molar refractivity (Wildman–Crippen MR) is 136 cm³/mol. The first kappa shape index (κ1) is 26.2. The molecule has 2 aliphatic rings. The largest absolute Gasteiger partial charge is 2.00 e. The van der Waals surface area contributed by atoms with Gasteiger partial charge in [0.25, 0.3) is 0 Å². The van der Waals surface area contributed by atoms with Gasteiger partial charge in [-0.3, -0.25) is 0 Å². The molecule has 2 aliphatic carbocycles. The van der Waals surface area contributed by atoms with Gasteiger partial charge < -0.3 is 4.74 Å². The molecule has 2 saturated carbocycles. The van der Waals surface area contributed by atoms with Gasteiger partial charge in [0, 0.05) is 18.7 Å². The van der Waals surface area contributed by atoms with Gasteiger partial charge in [0.05, 0.1) is 6.10 Å². The van der Waals surface area contributed by atoms with E-state index >= 15 is 0 Å². The van der Waals surface area contributed by atoms with Crippen LogP contribution >= 0.6 is 7.92 Å². The molecular formula is C30H27FeOP+2. The van der Waals surface area contributed by atoms with Gasteiger partial charge >= 0.3 is 17.1 Å². The monoisotopic (exact) mass is 490 g/mol. The van der Waals surface area contributed by atoms with Crippen molar-refractivity contribution in [1.82, 2.24) is 0 Å². The second-order valence-corrected chi connectivity index (χ2v) is 9.55. The van der Waals surface area contributed by atoms with Crippen LogP contribution in [-0.2, 0) is 21.8 Å². The quantitative estimate of drug-likeness (QED) is 0.293. The maximum atomic E-state index is 5.95. The smallest absolute Gasteiger partial charge is 0.376 e. The first-order valence-electron chi connectivity index (χ1n) is 10.8. The molecule has 0 spiro atoms. The average molecular weight is 490 g/mol. The van der Waals surface area contributed by atoms with Crippen LogP contribution in [0, 0.1) is 62.9 Å². The van der Waals surface area contributed by atoms with Gasteiger partial charge in [0.1, 0.15) is 0 Å². The van der Waals surface area contributed by atoms with Crippen molar-refractivity contribution in [3.63, 3.8) is 0 Å². The summed E-state index contributed by atoms with van der Waals surface area (Å²) < 4.78 is 5.95. The van der Waals surface area contributed by atoms with E-state index < -0.39 is 7.92 Å². The molecule has 3 heteroatoms. The Morgan fingerprint density at radius 1 is 0.576 bits per heavy atom. The van der Waals surface area contributed by atoms with Gasteiger partial charge in [-0.25, -0.2) is 0 Å². The van der Waals surface area contributed by atoms with Crippen LogP contribution in [0.25, 0.3) is 0 Å². The van der Waals surface area contributed by atoms with E-state index in [9.17, 15) is 0 Å². The summed E-state index contributed by atoms with van der Waals surface area (Å²) in [5, 5.41) is 2.71. The van der Waals surface area contributed by atoms with Crippen molar-refractivity contribution in [3.05, 3.63) is 160 Å². The van der Waals surface area contributed by atoms with Crippen LogP contribution in [0.5, 0.6) is 0 Å². The standard InChI is InChI=1S/C25H22OP.C5H5.Fe/c1-26-25(20-12-5-2-6-13-20)23-18-11-19-24(23)27(21-14-7-3-8-15-21)22-16-9-4-10-17-22;1-2-4-5-3-1;/h2-19,25H,1H3;1-5H;/q;;+2/t25-;;/m1../s1. The Bertz CT molecular complexity index is 851.